The Hall–Kier alpha value is -1.85. The van der Waals surface area contributed by atoms with Crippen LogP contribution in [0.2, 0.25) is 0 Å². The van der Waals surface area contributed by atoms with E-state index in [1.54, 1.807) is 0 Å². The lowest BCUT2D eigenvalue weighted by molar-refractivity contribution is -0.119. The van der Waals surface area contributed by atoms with Crippen LogP contribution in [0.15, 0.2) is 6.07 Å². The summed E-state index contributed by atoms with van der Waals surface area (Å²) in [7, 11) is 1.88. The van der Waals surface area contributed by atoms with Crippen LogP contribution >= 0.6 is 0 Å². The average Bonchev–Trinajstić information content (AvgIpc) is 3.22. The van der Waals surface area contributed by atoms with Crippen molar-refractivity contribution in [2.24, 2.45) is 0 Å². The van der Waals surface area contributed by atoms with Crippen molar-refractivity contribution in [2.75, 3.05) is 30.4 Å². The quantitative estimate of drug-likeness (QED) is 0.801. The van der Waals surface area contributed by atoms with Gasteiger partial charge in [0.2, 0.25) is 5.91 Å². The summed E-state index contributed by atoms with van der Waals surface area (Å²) in [4.78, 5) is 22.8. The molecule has 0 radical (unpaired) electrons. The molecule has 1 heterocycles. The predicted octanol–water partition coefficient (Wildman–Crippen LogP) is 1.75. The molecule has 0 saturated heterocycles. The molecule has 1 aliphatic rings. The third kappa shape index (κ3) is 4.58. The van der Waals surface area contributed by atoms with E-state index in [0.717, 1.165) is 36.8 Å². The van der Waals surface area contributed by atoms with Crippen molar-refractivity contribution in [3.05, 3.63) is 11.9 Å². The van der Waals surface area contributed by atoms with E-state index in [9.17, 15) is 4.79 Å². The minimum Gasteiger partial charge on any atom is -0.370 e. The zero-order chi connectivity index (χ0) is 15.4. The summed E-state index contributed by atoms with van der Waals surface area (Å²) in [6.45, 7) is 7.28. The van der Waals surface area contributed by atoms with Gasteiger partial charge >= 0.3 is 0 Å². The molecule has 2 N–H and O–H groups in total. The molecule has 0 bridgehead atoms. The molecule has 1 aliphatic carbocycles. The lowest BCUT2D eigenvalue weighted by Gasteiger charge is -2.20. The average molecular weight is 291 g/mol. The highest BCUT2D eigenvalue weighted by Crippen LogP contribution is 2.20. The zero-order valence-corrected chi connectivity index (χ0v) is 13.3. The number of likely N-dealkylation sites (N-methyl/N-ethyl adjacent to an activating group) is 1. The Morgan fingerprint density at radius 1 is 1.43 bits per heavy atom. The lowest BCUT2D eigenvalue weighted by Crippen LogP contribution is -2.36. The van der Waals surface area contributed by atoms with Gasteiger partial charge in [-0.05, 0) is 19.8 Å². The fraction of sp³-hybridized carbons (Fsp3) is 0.667. The third-order valence-corrected chi connectivity index (χ3v) is 3.32. The molecule has 0 spiro atoms. The first-order chi connectivity index (χ1) is 9.99. The first-order valence-corrected chi connectivity index (χ1v) is 7.63. The summed E-state index contributed by atoms with van der Waals surface area (Å²) in [5.41, 5.74) is 0. The molecule has 6 heteroatoms. The van der Waals surface area contributed by atoms with E-state index in [0.29, 0.717) is 12.6 Å². The van der Waals surface area contributed by atoms with Crippen molar-refractivity contribution in [2.45, 2.75) is 45.6 Å². The van der Waals surface area contributed by atoms with Crippen LogP contribution in [0.3, 0.4) is 0 Å². The summed E-state index contributed by atoms with van der Waals surface area (Å²) in [5, 5.41) is 6.21. The largest absolute Gasteiger partial charge is 0.370 e. The molecule has 1 amide bonds. The number of amides is 1. The lowest BCUT2D eigenvalue weighted by atomic mass is 10.2. The number of carbonyl (C=O) groups is 1. The van der Waals surface area contributed by atoms with E-state index in [1.807, 2.05) is 24.9 Å². The number of carbonyl (C=O) groups excluding carboxylic acids is 1. The summed E-state index contributed by atoms with van der Waals surface area (Å²) in [6, 6.07) is 2.28. The number of nitrogens with zero attached hydrogens (tertiary/aromatic N) is 3. The third-order valence-electron chi connectivity index (χ3n) is 3.32. The second-order valence-electron chi connectivity index (χ2n) is 5.85. The topological polar surface area (TPSA) is 70.2 Å². The smallest absolute Gasteiger partial charge is 0.239 e. The highest BCUT2D eigenvalue weighted by atomic mass is 16.2. The van der Waals surface area contributed by atoms with Gasteiger partial charge in [-0.2, -0.15) is 0 Å². The van der Waals surface area contributed by atoms with Gasteiger partial charge in [-0.25, -0.2) is 9.97 Å². The van der Waals surface area contributed by atoms with Crippen molar-refractivity contribution < 1.29 is 4.79 Å². The fourth-order valence-corrected chi connectivity index (χ4v) is 1.98. The first-order valence-electron chi connectivity index (χ1n) is 7.63. The minimum atomic E-state index is 0.0507. The molecule has 1 aromatic heterocycles. The maximum Gasteiger partial charge on any atom is 0.239 e. The molecule has 2 rings (SSSR count). The van der Waals surface area contributed by atoms with Gasteiger partial charge in [-0.3, -0.25) is 4.79 Å². The number of nitrogens with one attached hydrogen (secondary N) is 2. The van der Waals surface area contributed by atoms with Gasteiger partial charge in [0.15, 0.2) is 0 Å². The maximum atomic E-state index is 11.9. The van der Waals surface area contributed by atoms with Crippen LogP contribution in [0.4, 0.5) is 11.6 Å². The van der Waals surface area contributed by atoms with Crippen molar-refractivity contribution in [1.29, 1.82) is 0 Å². The van der Waals surface area contributed by atoms with Gasteiger partial charge in [0.1, 0.15) is 17.5 Å². The van der Waals surface area contributed by atoms with Crippen molar-refractivity contribution in [1.82, 2.24) is 15.3 Å². The van der Waals surface area contributed by atoms with Crippen LogP contribution < -0.4 is 15.5 Å². The molecule has 1 fully saturated rings. The van der Waals surface area contributed by atoms with E-state index in [1.165, 1.54) is 0 Å². The normalized spacial score (nSPS) is 14.1. The van der Waals surface area contributed by atoms with E-state index >= 15 is 0 Å². The molecular weight excluding hydrogens is 266 g/mol. The minimum absolute atomic E-state index is 0.0507. The van der Waals surface area contributed by atoms with Crippen LogP contribution in [-0.2, 0) is 4.79 Å². The SMILES string of the molecule is CCNc1cc(N(C)CC(=O)NC2CC2)nc(C(C)C)n1. The standard InChI is InChI=1S/C15H25N5O/c1-5-16-12-8-13(19-15(18-12)10(2)3)20(4)9-14(21)17-11-6-7-11/h8,10-11H,5-7,9H2,1-4H3,(H,17,21)(H,16,18,19). The van der Waals surface area contributed by atoms with Gasteiger partial charge < -0.3 is 15.5 Å². The highest BCUT2D eigenvalue weighted by molar-refractivity contribution is 5.81. The molecule has 116 valence electrons. The summed E-state index contributed by atoms with van der Waals surface area (Å²) >= 11 is 0. The van der Waals surface area contributed by atoms with Crippen molar-refractivity contribution in [3.63, 3.8) is 0 Å². The Bertz CT molecular complexity index is 499. The van der Waals surface area contributed by atoms with Crippen LogP contribution in [0.5, 0.6) is 0 Å². The van der Waals surface area contributed by atoms with Crippen LogP contribution in [0, 0.1) is 0 Å². The van der Waals surface area contributed by atoms with Crippen LogP contribution in [0.25, 0.3) is 0 Å². The number of rotatable bonds is 7. The number of aromatic nitrogens is 2. The predicted molar refractivity (Wildman–Crippen MR) is 84.7 cm³/mol. The second kappa shape index (κ2) is 6.74. The monoisotopic (exact) mass is 291 g/mol. The van der Waals surface area contributed by atoms with Crippen LogP contribution in [-0.4, -0.2) is 42.1 Å². The zero-order valence-electron chi connectivity index (χ0n) is 13.3. The molecule has 0 atom stereocenters. The maximum absolute atomic E-state index is 11.9. The van der Waals surface area contributed by atoms with Gasteiger partial charge in [-0.1, -0.05) is 13.8 Å². The first kappa shape index (κ1) is 15.5. The van der Waals surface area contributed by atoms with E-state index in [4.69, 9.17) is 0 Å². The van der Waals surface area contributed by atoms with E-state index in [2.05, 4.69) is 34.4 Å². The summed E-state index contributed by atoms with van der Waals surface area (Å²) < 4.78 is 0. The molecule has 0 unspecified atom stereocenters. The Labute approximate surface area is 126 Å². The summed E-state index contributed by atoms with van der Waals surface area (Å²) in [6.07, 6.45) is 2.20. The van der Waals surface area contributed by atoms with Crippen molar-refractivity contribution in [3.8, 4) is 0 Å². The fourth-order valence-electron chi connectivity index (χ4n) is 1.98. The Morgan fingerprint density at radius 3 is 2.71 bits per heavy atom. The molecule has 1 aromatic rings. The van der Waals surface area contributed by atoms with Crippen molar-refractivity contribution >= 4 is 17.5 Å². The van der Waals surface area contributed by atoms with Gasteiger partial charge in [0.05, 0.1) is 6.54 Å². The Kier molecular flexibility index (Phi) is 4.98. The molecule has 21 heavy (non-hydrogen) atoms. The van der Waals surface area contributed by atoms with Gasteiger partial charge in [0.25, 0.3) is 0 Å². The van der Waals surface area contributed by atoms with Gasteiger partial charge in [-0.15, -0.1) is 0 Å². The Morgan fingerprint density at radius 2 is 2.14 bits per heavy atom. The molecular formula is C15H25N5O. The van der Waals surface area contributed by atoms with Gasteiger partial charge in [0, 0.05) is 31.6 Å². The van der Waals surface area contributed by atoms with Crippen LogP contribution in [0.1, 0.15) is 45.4 Å². The Balaban J connectivity index is 2.09. The molecule has 0 aromatic carbocycles. The molecule has 1 saturated carbocycles. The molecule has 6 nitrogen and oxygen atoms in total. The number of hydrogen-bond donors (Lipinski definition) is 2. The van der Waals surface area contributed by atoms with E-state index < -0.39 is 0 Å². The number of hydrogen-bond acceptors (Lipinski definition) is 5. The number of anilines is 2. The summed E-state index contributed by atoms with van der Waals surface area (Å²) in [5.74, 6) is 2.67. The molecule has 0 aliphatic heterocycles. The van der Waals surface area contributed by atoms with E-state index in [-0.39, 0.29) is 11.8 Å². The second-order valence-corrected chi connectivity index (χ2v) is 5.85. The highest BCUT2D eigenvalue weighted by Gasteiger charge is 2.24.